The molecular formula is C16H16ClNO2. The largest absolute Gasteiger partial charge is 0.387 e. The number of rotatable bonds is 5. The van der Waals surface area contributed by atoms with Gasteiger partial charge in [-0.25, -0.2) is 0 Å². The number of hydrogen-bond donors (Lipinski definition) is 2. The Kier molecular flexibility index (Phi) is 5.16. The third kappa shape index (κ3) is 3.83. The predicted molar refractivity (Wildman–Crippen MR) is 79.4 cm³/mol. The van der Waals surface area contributed by atoms with Gasteiger partial charge in [0.1, 0.15) is 5.38 Å². The van der Waals surface area contributed by atoms with Crippen molar-refractivity contribution in [3.8, 4) is 0 Å². The third-order valence-corrected chi connectivity index (χ3v) is 3.43. The van der Waals surface area contributed by atoms with Crippen molar-refractivity contribution in [1.82, 2.24) is 5.32 Å². The normalized spacial score (nSPS) is 13.5. The summed E-state index contributed by atoms with van der Waals surface area (Å²) in [5.41, 5.74) is 1.50. The number of benzene rings is 2. The summed E-state index contributed by atoms with van der Waals surface area (Å²) in [5, 5.41) is 11.9. The zero-order chi connectivity index (χ0) is 14.4. The number of aliphatic hydroxyl groups excluding tert-OH is 1. The highest BCUT2D eigenvalue weighted by atomic mass is 35.5. The molecule has 0 saturated carbocycles. The summed E-state index contributed by atoms with van der Waals surface area (Å²) in [7, 11) is 0. The lowest BCUT2D eigenvalue weighted by Gasteiger charge is -2.14. The molecule has 3 nitrogen and oxygen atoms in total. The van der Waals surface area contributed by atoms with E-state index in [2.05, 4.69) is 5.32 Å². The van der Waals surface area contributed by atoms with E-state index in [9.17, 15) is 9.90 Å². The second kappa shape index (κ2) is 7.08. The molecule has 0 spiro atoms. The quantitative estimate of drug-likeness (QED) is 0.832. The number of aliphatic hydroxyl groups is 1. The molecule has 0 saturated heterocycles. The monoisotopic (exact) mass is 289 g/mol. The fraction of sp³-hybridized carbons (Fsp3) is 0.188. The maximum atomic E-state index is 11.9. The summed E-state index contributed by atoms with van der Waals surface area (Å²) in [6.07, 6.45) is -0.736. The van der Waals surface area contributed by atoms with Gasteiger partial charge in [-0.1, -0.05) is 60.7 Å². The van der Waals surface area contributed by atoms with E-state index in [1.807, 2.05) is 48.5 Å². The molecule has 0 aliphatic heterocycles. The van der Waals surface area contributed by atoms with Gasteiger partial charge in [-0.05, 0) is 11.1 Å². The second-order valence-electron chi connectivity index (χ2n) is 4.44. The van der Waals surface area contributed by atoms with Crippen molar-refractivity contribution in [1.29, 1.82) is 0 Å². The Morgan fingerprint density at radius 3 is 2.05 bits per heavy atom. The van der Waals surface area contributed by atoms with Crippen LogP contribution in [0.5, 0.6) is 0 Å². The number of carbonyl (C=O) groups excluding carboxylic acids is 1. The summed E-state index contributed by atoms with van der Waals surface area (Å²) in [6.45, 7) is 0.138. The van der Waals surface area contributed by atoms with Crippen molar-refractivity contribution < 1.29 is 9.90 Å². The van der Waals surface area contributed by atoms with Gasteiger partial charge in [-0.15, -0.1) is 11.6 Å². The summed E-state index contributed by atoms with van der Waals surface area (Å²) in [4.78, 5) is 11.9. The lowest BCUT2D eigenvalue weighted by molar-refractivity contribution is -0.121. The number of alkyl halides is 1. The first-order valence-corrected chi connectivity index (χ1v) is 6.82. The molecule has 4 heteroatoms. The molecule has 2 unspecified atom stereocenters. The van der Waals surface area contributed by atoms with Crippen LogP contribution >= 0.6 is 11.6 Å². The van der Waals surface area contributed by atoms with Gasteiger partial charge < -0.3 is 10.4 Å². The van der Waals surface area contributed by atoms with Crippen LogP contribution in [0, 0.1) is 0 Å². The molecule has 0 heterocycles. The Morgan fingerprint density at radius 1 is 1.00 bits per heavy atom. The highest BCUT2D eigenvalue weighted by Gasteiger charge is 2.18. The zero-order valence-electron chi connectivity index (χ0n) is 10.9. The molecule has 20 heavy (non-hydrogen) atoms. The summed E-state index contributed by atoms with van der Waals surface area (Å²) in [5.74, 6) is -0.312. The van der Waals surface area contributed by atoms with Gasteiger partial charge in [0, 0.05) is 6.54 Å². The highest BCUT2D eigenvalue weighted by molar-refractivity contribution is 6.30. The van der Waals surface area contributed by atoms with E-state index in [1.165, 1.54) is 0 Å². The number of carbonyl (C=O) groups is 1. The highest BCUT2D eigenvalue weighted by Crippen LogP contribution is 2.20. The number of amides is 1. The molecule has 0 aliphatic rings. The van der Waals surface area contributed by atoms with Crippen molar-refractivity contribution >= 4 is 17.5 Å². The summed E-state index contributed by atoms with van der Waals surface area (Å²) < 4.78 is 0. The van der Waals surface area contributed by atoms with E-state index in [0.717, 1.165) is 11.1 Å². The minimum atomic E-state index is -0.751. The van der Waals surface area contributed by atoms with Crippen LogP contribution in [0.2, 0.25) is 0 Å². The molecule has 1 amide bonds. The van der Waals surface area contributed by atoms with Crippen molar-refractivity contribution in [2.75, 3.05) is 6.54 Å². The maximum Gasteiger partial charge on any atom is 0.242 e. The summed E-state index contributed by atoms with van der Waals surface area (Å²) in [6, 6.07) is 18.3. The van der Waals surface area contributed by atoms with Crippen molar-refractivity contribution in [3.63, 3.8) is 0 Å². The van der Waals surface area contributed by atoms with Crippen LogP contribution < -0.4 is 5.32 Å². The van der Waals surface area contributed by atoms with Crippen LogP contribution in [0.3, 0.4) is 0 Å². The smallest absolute Gasteiger partial charge is 0.242 e. The van der Waals surface area contributed by atoms with Crippen LogP contribution in [-0.2, 0) is 4.79 Å². The van der Waals surface area contributed by atoms with Crippen molar-refractivity contribution in [2.24, 2.45) is 0 Å². The Balaban J connectivity index is 1.89. The average molecular weight is 290 g/mol. The number of hydrogen-bond acceptors (Lipinski definition) is 2. The van der Waals surface area contributed by atoms with Crippen LogP contribution in [0.25, 0.3) is 0 Å². The molecule has 2 N–H and O–H groups in total. The lowest BCUT2D eigenvalue weighted by atomic mass is 10.1. The third-order valence-electron chi connectivity index (χ3n) is 2.98. The fourth-order valence-corrected chi connectivity index (χ4v) is 2.08. The Labute approximate surface area is 123 Å². The average Bonchev–Trinajstić information content (AvgIpc) is 2.53. The minimum Gasteiger partial charge on any atom is -0.387 e. The van der Waals surface area contributed by atoms with Gasteiger partial charge in [-0.2, -0.15) is 0 Å². The molecule has 104 valence electrons. The Morgan fingerprint density at radius 2 is 1.50 bits per heavy atom. The predicted octanol–water partition coefficient (Wildman–Crippen LogP) is 2.82. The molecule has 0 radical (unpaired) electrons. The van der Waals surface area contributed by atoms with Gasteiger partial charge in [0.2, 0.25) is 5.91 Å². The van der Waals surface area contributed by atoms with Crippen molar-refractivity contribution in [2.45, 2.75) is 11.5 Å². The van der Waals surface area contributed by atoms with Gasteiger partial charge in [0.05, 0.1) is 6.10 Å². The van der Waals surface area contributed by atoms with Crippen LogP contribution in [-0.4, -0.2) is 17.6 Å². The molecule has 2 rings (SSSR count). The molecule has 0 bridgehead atoms. The zero-order valence-corrected chi connectivity index (χ0v) is 11.6. The van der Waals surface area contributed by atoms with E-state index in [4.69, 9.17) is 11.6 Å². The van der Waals surface area contributed by atoms with Crippen LogP contribution in [0.15, 0.2) is 60.7 Å². The molecule has 0 aromatic heterocycles. The first kappa shape index (κ1) is 14.6. The second-order valence-corrected chi connectivity index (χ2v) is 4.88. The molecule has 2 aromatic rings. The Hall–Kier alpha value is -1.84. The van der Waals surface area contributed by atoms with E-state index < -0.39 is 11.5 Å². The molecule has 0 aliphatic carbocycles. The first-order valence-electron chi connectivity index (χ1n) is 6.38. The van der Waals surface area contributed by atoms with Crippen LogP contribution in [0.4, 0.5) is 0 Å². The standard InChI is InChI=1S/C16H16ClNO2/c17-15(13-9-5-2-6-10-13)16(20)18-11-14(19)12-7-3-1-4-8-12/h1-10,14-15,19H,11H2,(H,18,20). The van der Waals surface area contributed by atoms with Gasteiger partial charge >= 0.3 is 0 Å². The van der Waals surface area contributed by atoms with Crippen molar-refractivity contribution in [3.05, 3.63) is 71.8 Å². The van der Waals surface area contributed by atoms with Gasteiger partial charge in [0.25, 0.3) is 0 Å². The van der Waals surface area contributed by atoms with E-state index in [-0.39, 0.29) is 12.5 Å². The van der Waals surface area contributed by atoms with E-state index in [0.29, 0.717) is 0 Å². The SMILES string of the molecule is O=C(NCC(O)c1ccccc1)C(Cl)c1ccccc1. The minimum absolute atomic E-state index is 0.138. The first-order chi connectivity index (χ1) is 9.68. The van der Waals surface area contributed by atoms with Crippen LogP contribution in [0.1, 0.15) is 22.6 Å². The van der Waals surface area contributed by atoms with E-state index >= 15 is 0 Å². The van der Waals surface area contributed by atoms with Gasteiger partial charge in [-0.3, -0.25) is 4.79 Å². The summed E-state index contributed by atoms with van der Waals surface area (Å²) >= 11 is 6.09. The van der Waals surface area contributed by atoms with Gasteiger partial charge in [0.15, 0.2) is 0 Å². The fourth-order valence-electron chi connectivity index (χ4n) is 1.85. The van der Waals surface area contributed by atoms with E-state index in [1.54, 1.807) is 12.1 Å². The lowest BCUT2D eigenvalue weighted by Crippen LogP contribution is -2.31. The Bertz CT molecular complexity index is 545. The molecule has 0 fully saturated rings. The molecule has 2 atom stereocenters. The topological polar surface area (TPSA) is 49.3 Å². The number of nitrogens with one attached hydrogen (secondary N) is 1. The molecular weight excluding hydrogens is 274 g/mol. The molecule has 2 aromatic carbocycles. The number of halogens is 1. The maximum absolute atomic E-state index is 11.9.